The molecule has 0 spiro atoms. The molecule has 0 unspecified atom stereocenters. The number of halogens is 2. The molecule has 0 aliphatic carbocycles. The molecule has 0 aliphatic rings. The molecule has 5 heteroatoms. The zero-order valence-electron chi connectivity index (χ0n) is 10.9. The van der Waals surface area contributed by atoms with Crippen LogP contribution >= 0.6 is 28.1 Å². The van der Waals surface area contributed by atoms with Crippen LogP contribution in [0, 0.1) is 17.4 Å². The Morgan fingerprint density at radius 3 is 2.53 bits per heavy atom. The van der Waals surface area contributed by atoms with Gasteiger partial charge in [-0.15, -0.1) is 0 Å². The van der Waals surface area contributed by atoms with Crippen LogP contribution in [0.15, 0.2) is 22.7 Å². The summed E-state index contributed by atoms with van der Waals surface area (Å²) in [5.41, 5.74) is 2.69. The summed E-state index contributed by atoms with van der Waals surface area (Å²) >= 11 is 8.61. The van der Waals surface area contributed by atoms with E-state index in [0.29, 0.717) is 26.4 Å². The van der Waals surface area contributed by atoms with E-state index in [-0.39, 0.29) is 5.82 Å². The van der Waals surface area contributed by atoms with Crippen molar-refractivity contribution in [3.8, 4) is 11.4 Å². The van der Waals surface area contributed by atoms with Crippen molar-refractivity contribution in [1.29, 1.82) is 0 Å². The lowest BCUT2D eigenvalue weighted by Gasteiger charge is -2.12. The lowest BCUT2D eigenvalue weighted by atomic mass is 10.0. The Morgan fingerprint density at radius 2 is 2.00 bits per heavy atom. The van der Waals surface area contributed by atoms with E-state index in [1.807, 2.05) is 13.0 Å². The monoisotopic (exact) mass is 340 g/mol. The van der Waals surface area contributed by atoms with Gasteiger partial charge in [-0.05, 0) is 31.0 Å². The van der Waals surface area contributed by atoms with Gasteiger partial charge >= 0.3 is 0 Å². The maximum atomic E-state index is 13.4. The second-order valence-electron chi connectivity index (χ2n) is 4.74. The zero-order valence-corrected chi connectivity index (χ0v) is 13.3. The highest BCUT2D eigenvalue weighted by atomic mass is 79.9. The third kappa shape index (κ3) is 3.09. The molecule has 0 radical (unpaired) electrons. The first-order chi connectivity index (χ1) is 8.88. The van der Waals surface area contributed by atoms with Gasteiger partial charge in [-0.2, -0.15) is 0 Å². The van der Waals surface area contributed by atoms with E-state index in [1.165, 1.54) is 12.1 Å². The number of rotatable bonds is 2. The van der Waals surface area contributed by atoms with Gasteiger partial charge in [0.05, 0.1) is 0 Å². The van der Waals surface area contributed by atoms with Crippen molar-refractivity contribution in [1.82, 2.24) is 9.97 Å². The second kappa shape index (κ2) is 5.51. The maximum absolute atomic E-state index is 13.4. The van der Waals surface area contributed by atoms with E-state index in [9.17, 15) is 4.39 Å². The lowest BCUT2D eigenvalue weighted by molar-refractivity contribution is 0.627. The van der Waals surface area contributed by atoms with Gasteiger partial charge in [0.15, 0.2) is 0 Å². The number of aryl methyl sites for hydroxylation is 1. The number of hydrogen-bond donors (Lipinski definition) is 1. The van der Waals surface area contributed by atoms with Gasteiger partial charge in [0.1, 0.15) is 16.3 Å². The van der Waals surface area contributed by atoms with Crippen LogP contribution in [0.2, 0.25) is 0 Å². The first kappa shape index (κ1) is 14.3. The first-order valence-electron chi connectivity index (χ1n) is 5.95. The number of nitrogens with zero attached hydrogens (tertiary/aromatic N) is 1. The van der Waals surface area contributed by atoms with Crippen LogP contribution < -0.4 is 0 Å². The number of aromatic amines is 1. The minimum atomic E-state index is -0.309. The van der Waals surface area contributed by atoms with Crippen LogP contribution in [0.25, 0.3) is 11.4 Å². The number of hydrogen-bond acceptors (Lipinski definition) is 2. The van der Waals surface area contributed by atoms with Crippen molar-refractivity contribution in [2.75, 3.05) is 0 Å². The number of nitrogens with one attached hydrogen (secondary N) is 1. The van der Waals surface area contributed by atoms with E-state index in [1.54, 1.807) is 0 Å². The quantitative estimate of drug-likeness (QED) is 0.766. The molecule has 1 aromatic carbocycles. The highest BCUT2D eigenvalue weighted by Crippen LogP contribution is 2.25. The van der Waals surface area contributed by atoms with Gasteiger partial charge in [-0.1, -0.05) is 42.0 Å². The normalized spacial score (nSPS) is 11.1. The average molecular weight is 341 g/mol. The fourth-order valence-electron chi connectivity index (χ4n) is 2.10. The number of aromatic nitrogens is 2. The summed E-state index contributed by atoms with van der Waals surface area (Å²) in [5.74, 6) is 0.590. The van der Waals surface area contributed by atoms with E-state index >= 15 is 0 Å². The molecule has 2 aromatic rings. The SMILES string of the molecule is Cc1[nH]c(-c2cc(F)cc(Br)c2)nc(=S)c1C(C)C. The summed E-state index contributed by atoms with van der Waals surface area (Å²) in [7, 11) is 0. The topological polar surface area (TPSA) is 28.7 Å². The molecular formula is C14H14BrFN2S. The van der Waals surface area contributed by atoms with Crippen LogP contribution in [-0.4, -0.2) is 9.97 Å². The average Bonchev–Trinajstić information content (AvgIpc) is 2.25. The van der Waals surface area contributed by atoms with Gasteiger partial charge in [-0.25, -0.2) is 9.37 Å². The van der Waals surface area contributed by atoms with Crippen LogP contribution in [0.4, 0.5) is 4.39 Å². The zero-order chi connectivity index (χ0) is 14.2. The molecule has 0 saturated heterocycles. The molecule has 0 bridgehead atoms. The standard InChI is InChI=1S/C14H14BrFN2S/c1-7(2)12-8(3)17-13(18-14(12)19)9-4-10(15)6-11(16)5-9/h4-7H,1-3H3,(H,17,18,19). The van der Waals surface area contributed by atoms with Crippen molar-refractivity contribution in [3.63, 3.8) is 0 Å². The van der Waals surface area contributed by atoms with Crippen LogP contribution in [-0.2, 0) is 0 Å². The smallest absolute Gasteiger partial charge is 0.139 e. The van der Waals surface area contributed by atoms with Gasteiger partial charge in [0, 0.05) is 21.3 Å². The Kier molecular flexibility index (Phi) is 4.16. The van der Waals surface area contributed by atoms with E-state index in [2.05, 4.69) is 39.7 Å². The molecule has 1 aromatic heterocycles. The van der Waals surface area contributed by atoms with Gasteiger partial charge in [0.25, 0.3) is 0 Å². The molecule has 100 valence electrons. The van der Waals surface area contributed by atoms with Crippen molar-refractivity contribution >= 4 is 28.1 Å². The van der Waals surface area contributed by atoms with Crippen molar-refractivity contribution in [3.05, 3.63) is 44.4 Å². The molecule has 0 fully saturated rings. The van der Waals surface area contributed by atoms with E-state index in [0.717, 1.165) is 11.3 Å². The highest BCUT2D eigenvalue weighted by Gasteiger charge is 2.11. The summed E-state index contributed by atoms with van der Waals surface area (Å²) in [5, 5.41) is 0. The van der Waals surface area contributed by atoms with Gasteiger partial charge in [0.2, 0.25) is 0 Å². The molecule has 1 N–H and O–H groups in total. The Morgan fingerprint density at radius 1 is 1.32 bits per heavy atom. The minimum Gasteiger partial charge on any atom is -0.343 e. The number of H-pyrrole nitrogens is 1. The van der Waals surface area contributed by atoms with E-state index in [4.69, 9.17) is 12.2 Å². The maximum Gasteiger partial charge on any atom is 0.139 e. The predicted molar refractivity (Wildman–Crippen MR) is 81.3 cm³/mol. The van der Waals surface area contributed by atoms with Crippen molar-refractivity contribution in [2.24, 2.45) is 0 Å². The van der Waals surface area contributed by atoms with Crippen LogP contribution in [0.3, 0.4) is 0 Å². The summed E-state index contributed by atoms with van der Waals surface area (Å²) in [6.07, 6.45) is 0. The van der Waals surface area contributed by atoms with E-state index < -0.39 is 0 Å². The number of benzene rings is 1. The summed E-state index contributed by atoms with van der Waals surface area (Å²) in [6.45, 7) is 6.11. The summed E-state index contributed by atoms with van der Waals surface area (Å²) in [6, 6.07) is 4.66. The Labute approximate surface area is 125 Å². The lowest BCUT2D eigenvalue weighted by Crippen LogP contribution is -2.02. The highest BCUT2D eigenvalue weighted by molar-refractivity contribution is 9.10. The Balaban J connectivity index is 2.62. The molecule has 1 heterocycles. The third-order valence-electron chi connectivity index (χ3n) is 2.87. The summed E-state index contributed by atoms with van der Waals surface area (Å²) < 4.78 is 14.7. The second-order valence-corrected chi connectivity index (χ2v) is 6.04. The fraction of sp³-hybridized carbons (Fsp3) is 0.286. The van der Waals surface area contributed by atoms with Crippen LogP contribution in [0.5, 0.6) is 0 Å². The molecule has 0 aliphatic heterocycles. The Bertz CT molecular complexity index is 659. The molecule has 0 amide bonds. The minimum absolute atomic E-state index is 0.309. The molecule has 2 rings (SSSR count). The predicted octanol–water partition coefficient (Wildman–Crippen LogP) is 5.14. The summed E-state index contributed by atoms with van der Waals surface area (Å²) in [4.78, 5) is 7.58. The van der Waals surface area contributed by atoms with Gasteiger partial charge < -0.3 is 4.98 Å². The molecule has 2 nitrogen and oxygen atoms in total. The Hall–Kier alpha value is -1.07. The third-order valence-corrected chi connectivity index (χ3v) is 3.64. The molecular weight excluding hydrogens is 327 g/mol. The molecule has 0 saturated carbocycles. The fourth-order valence-corrected chi connectivity index (χ4v) is 3.05. The largest absolute Gasteiger partial charge is 0.343 e. The van der Waals surface area contributed by atoms with Crippen LogP contribution in [0.1, 0.15) is 31.0 Å². The van der Waals surface area contributed by atoms with Gasteiger partial charge in [-0.3, -0.25) is 0 Å². The van der Waals surface area contributed by atoms with Crippen molar-refractivity contribution in [2.45, 2.75) is 26.7 Å². The molecule has 19 heavy (non-hydrogen) atoms. The first-order valence-corrected chi connectivity index (χ1v) is 7.16. The van der Waals surface area contributed by atoms with Crippen molar-refractivity contribution < 1.29 is 4.39 Å². The molecule has 0 atom stereocenters.